The first kappa shape index (κ1) is 20.8. The third kappa shape index (κ3) is 5.74. The molecule has 0 aromatic heterocycles. The summed E-state index contributed by atoms with van der Waals surface area (Å²) in [6.45, 7) is 8.13. The molecule has 0 saturated carbocycles. The fourth-order valence-corrected chi connectivity index (χ4v) is 2.49. The van der Waals surface area contributed by atoms with Crippen LogP contribution >= 0.6 is 0 Å². The number of benzene rings is 2. The molecule has 6 heteroatoms. The van der Waals surface area contributed by atoms with Gasteiger partial charge in [0.25, 0.3) is 5.91 Å². The third-order valence-electron chi connectivity index (χ3n) is 4.14. The molecule has 0 aliphatic rings. The molecule has 1 unspecified atom stereocenters. The fourth-order valence-electron chi connectivity index (χ4n) is 2.49. The summed E-state index contributed by atoms with van der Waals surface area (Å²) >= 11 is 0. The van der Waals surface area contributed by atoms with Gasteiger partial charge in [0, 0.05) is 5.69 Å². The van der Waals surface area contributed by atoms with Crippen LogP contribution in [-0.4, -0.2) is 12.0 Å². The van der Waals surface area contributed by atoms with Crippen molar-refractivity contribution in [3.8, 4) is 5.75 Å². The topological polar surface area (TPSA) is 38.3 Å². The standard InChI is InChI=1S/C21H24F3NO2/c1-5-18(27-17-12-8-14(9-13-17)20(2,3)4)19(26)25-16-10-6-15(7-11-16)21(22,23)24/h6-13,18H,5H2,1-4H3,(H,25,26). The van der Waals surface area contributed by atoms with E-state index in [-0.39, 0.29) is 11.1 Å². The average Bonchev–Trinajstić information content (AvgIpc) is 2.59. The maximum absolute atomic E-state index is 12.6. The molecular formula is C21H24F3NO2. The van der Waals surface area contributed by atoms with Crippen molar-refractivity contribution in [1.29, 1.82) is 0 Å². The molecule has 0 bridgehead atoms. The first-order valence-electron chi connectivity index (χ1n) is 8.76. The molecule has 0 aliphatic carbocycles. The van der Waals surface area contributed by atoms with Gasteiger partial charge in [-0.05, 0) is 53.8 Å². The summed E-state index contributed by atoms with van der Waals surface area (Å²) in [7, 11) is 0. The number of hydrogen-bond acceptors (Lipinski definition) is 2. The van der Waals surface area contributed by atoms with Gasteiger partial charge in [-0.3, -0.25) is 4.79 Å². The molecule has 146 valence electrons. The molecule has 2 rings (SSSR count). The molecule has 2 aromatic carbocycles. The van der Waals surface area contributed by atoms with Crippen LogP contribution in [-0.2, 0) is 16.4 Å². The van der Waals surface area contributed by atoms with E-state index in [4.69, 9.17) is 4.74 Å². The fraction of sp³-hybridized carbons (Fsp3) is 0.381. The quantitative estimate of drug-likeness (QED) is 0.713. The lowest BCUT2D eigenvalue weighted by Gasteiger charge is -2.21. The molecule has 1 atom stereocenters. The van der Waals surface area contributed by atoms with Gasteiger partial charge in [0.05, 0.1) is 5.56 Å². The molecule has 0 spiro atoms. The second kappa shape index (κ2) is 8.03. The Balaban J connectivity index is 2.03. The van der Waals surface area contributed by atoms with Gasteiger partial charge in [0.2, 0.25) is 0 Å². The van der Waals surface area contributed by atoms with E-state index in [1.54, 1.807) is 6.92 Å². The second-order valence-corrected chi connectivity index (χ2v) is 7.35. The molecule has 1 N–H and O–H groups in total. The Kier molecular flexibility index (Phi) is 6.19. The molecule has 3 nitrogen and oxygen atoms in total. The summed E-state index contributed by atoms with van der Waals surface area (Å²) < 4.78 is 43.6. The molecule has 2 aromatic rings. The van der Waals surface area contributed by atoms with Gasteiger partial charge in [-0.25, -0.2) is 0 Å². The number of nitrogens with one attached hydrogen (secondary N) is 1. The van der Waals surface area contributed by atoms with Gasteiger partial charge < -0.3 is 10.1 Å². The Hall–Kier alpha value is -2.50. The van der Waals surface area contributed by atoms with Crippen LogP contribution in [0.3, 0.4) is 0 Å². The zero-order chi connectivity index (χ0) is 20.2. The van der Waals surface area contributed by atoms with Crippen LogP contribution < -0.4 is 10.1 Å². The van der Waals surface area contributed by atoms with Crippen molar-refractivity contribution in [2.75, 3.05) is 5.32 Å². The molecule has 27 heavy (non-hydrogen) atoms. The number of ether oxygens (including phenoxy) is 1. The number of carbonyl (C=O) groups is 1. The van der Waals surface area contributed by atoms with Gasteiger partial charge in [0.1, 0.15) is 5.75 Å². The van der Waals surface area contributed by atoms with Crippen LogP contribution in [0.4, 0.5) is 18.9 Å². The van der Waals surface area contributed by atoms with Gasteiger partial charge in [0.15, 0.2) is 6.10 Å². The molecule has 0 radical (unpaired) electrons. The lowest BCUT2D eigenvalue weighted by atomic mass is 9.87. The Morgan fingerprint density at radius 3 is 1.93 bits per heavy atom. The van der Waals surface area contributed by atoms with Crippen molar-refractivity contribution >= 4 is 11.6 Å². The third-order valence-corrected chi connectivity index (χ3v) is 4.14. The zero-order valence-electron chi connectivity index (χ0n) is 15.9. The minimum atomic E-state index is -4.41. The maximum Gasteiger partial charge on any atom is 0.416 e. The largest absolute Gasteiger partial charge is 0.481 e. The van der Waals surface area contributed by atoms with E-state index in [0.29, 0.717) is 12.2 Å². The number of anilines is 1. The van der Waals surface area contributed by atoms with Crippen LogP contribution in [0.15, 0.2) is 48.5 Å². The molecule has 1 amide bonds. The van der Waals surface area contributed by atoms with Crippen LogP contribution in [0.5, 0.6) is 5.75 Å². The zero-order valence-corrected chi connectivity index (χ0v) is 15.9. The highest BCUT2D eigenvalue weighted by Gasteiger charge is 2.30. The summed E-state index contributed by atoms with van der Waals surface area (Å²) in [5, 5.41) is 2.60. The Morgan fingerprint density at radius 1 is 0.963 bits per heavy atom. The Labute approximate surface area is 157 Å². The molecule has 0 saturated heterocycles. The molecule has 0 aliphatic heterocycles. The lowest BCUT2D eigenvalue weighted by Crippen LogP contribution is -2.32. The van der Waals surface area contributed by atoms with Crippen molar-refractivity contribution in [2.45, 2.75) is 51.8 Å². The number of amides is 1. The van der Waals surface area contributed by atoms with Crippen molar-refractivity contribution in [2.24, 2.45) is 0 Å². The van der Waals surface area contributed by atoms with Crippen molar-refractivity contribution in [3.05, 3.63) is 59.7 Å². The number of halogens is 3. The highest BCUT2D eigenvalue weighted by Crippen LogP contribution is 2.30. The van der Waals surface area contributed by atoms with Gasteiger partial charge in [-0.15, -0.1) is 0 Å². The average molecular weight is 379 g/mol. The van der Waals surface area contributed by atoms with E-state index in [0.717, 1.165) is 17.7 Å². The first-order valence-corrected chi connectivity index (χ1v) is 8.76. The normalized spacial score (nSPS) is 13.1. The van der Waals surface area contributed by atoms with E-state index in [1.165, 1.54) is 12.1 Å². The lowest BCUT2D eigenvalue weighted by molar-refractivity contribution is -0.137. The number of rotatable bonds is 5. The van der Waals surface area contributed by atoms with E-state index >= 15 is 0 Å². The van der Waals surface area contributed by atoms with Crippen LogP contribution in [0.2, 0.25) is 0 Å². The number of hydrogen-bond donors (Lipinski definition) is 1. The van der Waals surface area contributed by atoms with Crippen LogP contribution in [0.25, 0.3) is 0 Å². The van der Waals surface area contributed by atoms with Crippen LogP contribution in [0, 0.1) is 0 Å². The SMILES string of the molecule is CCC(Oc1ccc(C(C)(C)C)cc1)C(=O)Nc1ccc(C(F)(F)F)cc1. The Bertz CT molecular complexity index is 760. The monoisotopic (exact) mass is 379 g/mol. The highest BCUT2D eigenvalue weighted by atomic mass is 19.4. The van der Waals surface area contributed by atoms with E-state index in [1.807, 2.05) is 24.3 Å². The predicted molar refractivity (Wildman–Crippen MR) is 99.9 cm³/mol. The van der Waals surface area contributed by atoms with E-state index in [9.17, 15) is 18.0 Å². The van der Waals surface area contributed by atoms with E-state index < -0.39 is 23.8 Å². The van der Waals surface area contributed by atoms with Crippen molar-refractivity contribution in [1.82, 2.24) is 0 Å². The smallest absolute Gasteiger partial charge is 0.416 e. The predicted octanol–water partition coefficient (Wildman–Crippen LogP) is 5.80. The van der Waals surface area contributed by atoms with Crippen molar-refractivity contribution < 1.29 is 22.7 Å². The second-order valence-electron chi connectivity index (χ2n) is 7.35. The first-order chi connectivity index (χ1) is 12.5. The molecule has 0 heterocycles. The van der Waals surface area contributed by atoms with Gasteiger partial charge in [-0.1, -0.05) is 39.8 Å². The summed E-state index contributed by atoms with van der Waals surface area (Å²) in [6, 6.07) is 11.9. The summed E-state index contributed by atoms with van der Waals surface area (Å²) in [5.74, 6) is 0.162. The van der Waals surface area contributed by atoms with E-state index in [2.05, 4.69) is 26.1 Å². The number of carbonyl (C=O) groups excluding carboxylic acids is 1. The van der Waals surface area contributed by atoms with Gasteiger partial charge >= 0.3 is 6.18 Å². The molecule has 0 fully saturated rings. The van der Waals surface area contributed by atoms with Gasteiger partial charge in [-0.2, -0.15) is 13.2 Å². The molecular weight excluding hydrogens is 355 g/mol. The summed E-state index contributed by atoms with van der Waals surface area (Å²) in [4.78, 5) is 12.4. The maximum atomic E-state index is 12.6. The summed E-state index contributed by atoms with van der Waals surface area (Å²) in [6.07, 6.45) is -4.72. The minimum Gasteiger partial charge on any atom is -0.481 e. The highest BCUT2D eigenvalue weighted by molar-refractivity contribution is 5.94. The van der Waals surface area contributed by atoms with Crippen molar-refractivity contribution in [3.63, 3.8) is 0 Å². The Morgan fingerprint density at radius 2 is 1.48 bits per heavy atom. The van der Waals surface area contributed by atoms with Crippen LogP contribution in [0.1, 0.15) is 45.2 Å². The minimum absolute atomic E-state index is 0.0165. The number of alkyl halides is 3. The summed E-state index contributed by atoms with van der Waals surface area (Å²) in [5.41, 5.74) is 0.695.